The lowest BCUT2D eigenvalue weighted by Crippen LogP contribution is -2.36. The molecule has 0 amide bonds. The van der Waals surface area contributed by atoms with Crippen LogP contribution in [0.1, 0.15) is 38.5 Å². The Kier molecular flexibility index (Phi) is 6.18. The first-order chi connectivity index (χ1) is 7.77. The number of rotatable bonds is 7. The summed E-state index contributed by atoms with van der Waals surface area (Å²) >= 11 is 0. The standard InChI is InChI=1S/C11H23N3O2/c12-11(13-16)6-3-7-14(8-9-15)10-4-1-2-5-10/h10,15-16H,1-9H2,(H2,12,13). The summed E-state index contributed by atoms with van der Waals surface area (Å²) in [5.41, 5.74) is 5.42. The minimum atomic E-state index is 0.208. The third kappa shape index (κ3) is 4.37. The van der Waals surface area contributed by atoms with Gasteiger partial charge in [-0.05, 0) is 25.8 Å². The zero-order valence-electron chi connectivity index (χ0n) is 9.81. The van der Waals surface area contributed by atoms with Crippen molar-refractivity contribution < 1.29 is 10.3 Å². The average molecular weight is 229 g/mol. The fraction of sp³-hybridized carbons (Fsp3) is 0.909. The maximum atomic E-state index is 9.02. The molecule has 1 fully saturated rings. The van der Waals surface area contributed by atoms with Crippen molar-refractivity contribution in [3.63, 3.8) is 0 Å². The van der Waals surface area contributed by atoms with Crippen molar-refractivity contribution in [3.05, 3.63) is 0 Å². The lowest BCUT2D eigenvalue weighted by molar-refractivity contribution is 0.151. The van der Waals surface area contributed by atoms with Gasteiger partial charge in [-0.2, -0.15) is 0 Å². The van der Waals surface area contributed by atoms with Gasteiger partial charge in [0.25, 0.3) is 0 Å². The van der Waals surface area contributed by atoms with Gasteiger partial charge in [-0.1, -0.05) is 18.0 Å². The molecule has 0 aliphatic heterocycles. The van der Waals surface area contributed by atoms with Crippen molar-refractivity contribution in [2.24, 2.45) is 10.9 Å². The first-order valence-corrected chi connectivity index (χ1v) is 6.09. The van der Waals surface area contributed by atoms with Crippen molar-refractivity contribution in [2.45, 2.75) is 44.6 Å². The molecular weight excluding hydrogens is 206 g/mol. The normalized spacial score (nSPS) is 18.5. The molecule has 1 saturated carbocycles. The molecule has 0 unspecified atom stereocenters. The molecule has 5 nitrogen and oxygen atoms in total. The van der Waals surface area contributed by atoms with E-state index in [2.05, 4.69) is 10.1 Å². The van der Waals surface area contributed by atoms with Crippen LogP contribution in [0, 0.1) is 0 Å². The zero-order valence-corrected chi connectivity index (χ0v) is 9.81. The molecule has 0 spiro atoms. The smallest absolute Gasteiger partial charge is 0.139 e. The summed E-state index contributed by atoms with van der Waals surface area (Å²) in [6.45, 7) is 1.86. The fourth-order valence-corrected chi connectivity index (χ4v) is 2.39. The summed E-state index contributed by atoms with van der Waals surface area (Å²) in [4.78, 5) is 2.33. The summed E-state index contributed by atoms with van der Waals surface area (Å²) in [6, 6.07) is 0.624. The molecule has 0 bridgehead atoms. The highest BCUT2D eigenvalue weighted by Crippen LogP contribution is 2.23. The Morgan fingerprint density at radius 1 is 1.31 bits per heavy atom. The Morgan fingerprint density at radius 2 is 2.00 bits per heavy atom. The van der Waals surface area contributed by atoms with Crippen LogP contribution in [0.3, 0.4) is 0 Å². The third-order valence-corrected chi connectivity index (χ3v) is 3.23. The molecule has 4 N–H and O–H groups in total. The van der Waals surface area contributed by atoms with Crippen LogP contribution in [-0.4, -0.2) is 46.8 Å². The van der Waals surface area contributed by atoms with Crippen molar-refractivity contribution in [3.8, 4) is 0 Å². The van der Waals surface area contributed by atoms with E-state index in [1.807, 2.05) is 0 Å². The quantitative estimate of drug-likeness (QED) is 0.260. The average Bonchev–Trinajstić information content (AvgIpc) is 2.81. The van der Waals surface area contributed by atoms with Gasteiger partial charge in [0, 0.05) is 19.0 Å². The van der Waals surface area contributed by atoms with E-state index in [1.165, 1.54) is 25.7 Å². The van der Waals surface area contributed by atoms with Gasteiger partial charge >= 0.3 is 0 Å². The Labute approximate surface area is 96.9 Å². The number of aliphatic hydroxyl groups excluding tert-OH is 1. The number of nitrogens with two attached hydrogens (primary N) is 1. The maximum absolute atomic E-state index is 9.02. The molecule has 0 aromatic carbocycles. The lowest BCUT2D eigenvalue weighted by atomic mass is 10.2. The number of nitrogens with zero attached hydrogens (tertiary/aromatic N) is 2. The minimum Gasteiger partial charge on any atom is -0.409 e. The molecule has 0 heterocycles. The minimum absolute atomic E-state index is 0.208. The van der Waals surface area contributed by atoms with E-state index in [1.54, 1.807) is 0 Å². The van der Waals surface area contributed by atoms with Gasteiger partial charge in [0.1, 0.15) is 5.84 Å². The summed E-state index contributed by atoms with van der Waals surface area (Å²) in [5, 5.41) is 20.4. The zero-order chi connectivity index (χ0) is 11.8. The van der Waals surface area contributed by atoms with Crippen LogP contribution in [0.5, 0.6) is 0 Å². The second kappa shape index (κ2) is 7.46. The van der Waals surface area contributed by atoms with E-state index in [4.69, 9.17) is 16.0 Å². The summed E-state index contributed by atoms with van der Waals surface area (Å²) < 4.78 is 0. The van der Waals surface area contributed by atoms with Crippen LogP contribution < -0.4 is 5.73 Å². The Hall–Kier alpha value is -0.810. The summed E-state index contributed by atoms with van der Waals surface area (Å²) in [5.74, 6) is 0.287. The third-order valence-electron chi connectivity index (χ3n) is 3.23. The van der Waals surface area contributed by atoms with Crippen molar-refractivity contribution in [2.75, 3.05) is 19.7 Å². The lowest BCUT2D eigenvalue weighted by Gasteiger charge is -2.27. The molecule has 94 valence electrons. The Balaban J connectivity index is 2.27. The van der Waals surface area contributed by atoms with Gasteiger partial charge in [-0.25, -0.2) is 0 Å². The Bertz CT molecular complexity index is 215. The summed E-state index contributed by atoms with van der Waals surface area (Å²) in [7, 11) is 0. The first kappa shape index (κ1) is 13.3. The van der Waals surface area contributed by atoms with Crippen LogP contribution in [0.15, 0.2) is 5.16 Å². The van der Waals surface area contributed by atoms with E-state index in [-0.39, 0.29) is 12.4 Å². The number of hydrogen-bond donors (Lipinski definition) is 3. The van der Waals surface area contributed by atoms with Crippen LogP contribution in [0.4, 0.5) is 0 Å². The highest BCUT2D eigenvalue weighted by Gasteiger charge is 2.21. The van der Waals surface area contributed by atoms with Crippen molar-refractivity contribution >= 4 is 5.84 Å². The van der Waals surface area contributed by atoms with Crippen LogP contribution in [-0.2, 0) is 0 Å². The predicted molar refractivity (Wildman–Crippen MR) is 63.6 cm³/mol. The second-order valence-corrected chi connectivity index (χ2v) is 4.39. The number of hydrogen-bond acceptors (Lipinski definition) is 4. The van der Waals surface area contributed by atoms with Crippen LogP contribution >= 0.6 is 0 Å². The molecule has 1 aliphatic rings. The van der Waals surface area contributed by atoms with E-state index >= 15 is 0 Å². The molecule has 16 heavy (non-hydrogen) atoms. The molecule has 1 aliphatic carbocycles. The molecule has 5 heteroatoms. The highest BCUT2D eigenvalue weighted by molar-refractivity contribution is 5.79. The predicted octanol–water partition coefficient (Wildman–Crippen LogP) is 0.750. The monoisotopic (exact) mass is 229 g/mol. The van der Waals surface area contributed by atoms with Crippen LogP contribution in [0.2, 0.25) is 0 Å². The van der Waals surface area contributed by atoms with Crippen LogP contribution in [0.25, 0.3) is 0 Å². The van der Waals surface area contributed by atoms with Gasteiger partial charge in [0.15, 0.2) is 0 Å². The van der Waals surface area contributed by atoms with Crippen molar-refractivity contribution in [1.82, 2.24) is 4.90 Å². The number of amidine groups is 1. The van der Waals surface area contributed by atoms with E-state index < -0.39 is 0 Å². The highest BCUT2D eigenvalue weighted by atomic mass is 16.4. The summed E-state index contributed by atoms with van der Waals surface area (Å²) in [6.07, 6.45) is 6.57. The van der Waals surface area contributed by atoms with Gasteiger partial charge in [0.2, 0.25) is 0 Å². The molecule has 0 aromatic rings. The molecular formula is C11H23N3O2. The number of aliphatic hydroxyl groups is 1. The number of oxime groups is 1. The molecule has 1 rings (SSSR count). The van der Waals surface area contributed by atoms with Gasteiger partial charge in [-0.3, -0.25) is 4.90 Å². The topological polar surface area (TPSA) is 82.1 Å². The molecule has 0 atom stereocenters. The van der Waals surface area contributed by atoms with E-state index in [0.717, 1.165) is 19.5 Å². The van der Waals surface area contributed by atoms with Gasteiger partial charge in [-0.15, -0.1) is 0 Å². The maximum Gasteiger partial charge on any atom is 0.139 e. The molecule has 0 radical (unpaired) electrons. The second-order valence-electron chi connectivity index (χ2n) is 4.39. The molecule has 0 saturated heterocycles. The SMILES string of the molecule is NC(CCCN(CCO)C1CCCC1)=NO. The van der Waals surface area contributed by atoms with Gasteiger partial charge in [0.05, 0.1) is 6.61 Å². The first-order valence-electron chi connectivity index (χ1n) is 6.09. The fourth-order valence-electron chi connectivity index (χ4n) is 2.39. The molecule has 0 aromatic heterocycles. The largest absolute Gasteiger partial charge is 0.409 e. The van der Waals surface area contributed by atoms with E-state index in [9.17, 15) is 0 Å². The van der Waals surface area contributed by atoms with E-state index in [0.29, 0.717) is 12.5 Å². The Morgan fingerprint density at radius 3 is 2.56 bits per heavy atom. The van der Waals surface area contributed by atoms with Crippen molar-refractivity contribution in [1.29, 1.82) is 0 Å². The van der Waals surface area contributed by atoms with Gasteiger partial charge < -0.3 is 16.0 Å².